The van der Waals surface area contributed by atoms with Gasteiger partial charge in [-0.25, -0.2) is 0 Å². The molecule has 2 unspecified atom stereocenters. The monoisotopic (exact) mass is 258 g/mol. The first-order valence-corrected chi connectivity index (χ1v) is 7.35. The van der Waals surface area contributed by atoms with Crippen LogP contribution in [0.1, 0.15) is 53.4 Å². The molecule has 0 aromatic carbocycles. The average molecular weight is 258 g/mol. The van der Waals surface area contributed by atoms with Crippen molar-refractivity contribution in [3.8, 4) is 0 Å². The molecule has 0 bridgehead atoms. The van der Waals surface area contributed by atoms with Gasteiger partial charge in [0.2, 0.25) is 0 Å². The van der Waals surface area contributed by atoms with Crippen LogP contribution in [0.15, 0.2) is 0 Å². The molecule has 0 aromatic rings. The van der Waals surface area contributed by atoms with E-state index in [2.05, 4.69) is 27.7 Å². The van der Waals surface area contributed by atoms with Crippen molar-refractivity contribution in [3.63, 3.8) is 0 Å². The average Bonchev–Trinajstić information content (AvgIpc) is 2.25. The Balaban J connectivity index is 2.02. The third-order valence-corrected chi connectivity index (χ3v) is 3.94. The van der Waals surface area contributed by atoms with Crippen molar-refractivity contribution in [3.05, 3.63) is 0 Å². The van der Waals surface area contributed by atoms with Gasteiger partial charge in [0, 0.05) is 13.2 Å². The smallest absolute Gasteiger partial charge is 0.146 e. The molecule has 1 aliphatic heterocycles. The highest BCUT2D eigenvalue weighted by molar-refractivity contribution is 4.86. The van der Waals surface area contributed by atoms with Gasteiger partial charge in [-0.3, -0.25) is 0 Å². The molecule has 1 fully saturated rings. The van der Waals surface area contributed by atoms with Crippen LogP contribution in [0.4, 0.5) is 0 Å². The van der Waals surface area contributed by atoms with Crippen LogP contribution in [-0.4, -0.2) is 32.7 Å². The van der Waals surface area contributed by atoms with E-state index in [0.29, 0.717) is 24.2 Å². The summed E-state index contributed by atoms with van der Waals surface area (Å²) in [5.41, 5.74) is 0.334. The Bertz CT molecular complexity index is 214. The first kappa shape index (κ1) is 15.9. The van der Waals surface area contributed by atoms with Crippen molar-refractivity contribution in [2.75, 3.05) is 26.6 Å². The molecule has 1 saturated heterocycles. The van der Waals surface area contributed by atoms with Crippen molar-refractivity contribution < 1.29 is 14.2 Å². The summed E-state index contributed by atoms with van der Waals surface area (Å²) in [4.78, 5) is 0. The Morgan fingerprint density at radius 3 is 2.56 bits per heavy atom. The van der Waals surface area contributed by atoms with Gasteiger partial charge in [-0.15, -0.1) is 0 Å². The van der Waals surface area contributed by atoms with Crippen molar-refractivity contribution in [2.24, 2.45) is 11.3 Å². The molecule has 0 radical (unpaired) electrons. The van der Waals surface area contributed by atoms with E-state index in [1.54, 1.807) is 0 Å². The molecule has 108 valence electrons. The van der Waals surface area contributed by atoms with E-state index in [9.17, 15) is 0 Å². The second-order valence-corrected chi connectivity index (χ2v) is 6.05. The number of hydrogen-bond acceptors (Lipinski definition) is 3. The highest BCUT2D eigenvalue weighted by atomic mass is 16.7. The largest absolute Gasteiger partial charge is 0.377 e. The summed E-state index contributed by atoms with van der Waals surface area (Å²) in [7, 11) is 0. The summed E-state index contributed by atoms with van der Waals surface area (Å²) in [6, 6.07) is 0. The van der Waals surface area contributed by atoms with Crippen LogP contribution < -0.4 is 0 Å². The lowest BCUT2D eigenvalue weighted by atomic mass is 9.75. The van der Waals surface area contributed by atoms with Crippen molar-refractivity contribution >= 4 is 0 Å². The summed E-state index contributed by atoms with van der Waals surface area (Å²) in [5, 5.41) is 0. The van der Waals surface area contributed by atoms with Crippen LogP contribution >= 0.6 is 0 Å². The number of ether oxygens (including phenoxy) is 3. The van der Waals surface area contributed by atoms with E-state index in [-0.39, 0.29) is 0 Å². The van der Waals surface area contributed by atoms with E-state index in [1.807, 2.05) is 0 Å². The molecule has 18 heavy (non-hydrogen) atoms. The minimum Gasteiger partial charge on any atom is -0.377 e. The Morgan fingerprint density at radius 2 is 2.06 bits per heavy atom. The van der Waals surface area contributed by atoms with E-state index in [0.717, 1.165) is 26.2 Å². The molecule has 0 saturated carbocycles. The maximum Gasteiger partial charge on any atom is 0.146 e. The third-order valence-electron chi connectivity index (χ3n) is 3.94. The van der Waals surface area contributed by atoms with Gasteiger partial charge >= 0.3 is 0 Å². The van der Waals surface area contributed by atoms with Crippen LogP contribution in [-0.2, 0) is 14.2 Å². The van der Waals surface area contributed by atoms with Gasteiger partial charge in [0.05, 0.1) is 12.7 Å². The molecular weight excluding hydrogens is 228 g/mol. The molecular formula is C15H30O3. The van der Waals surface area contributed by atoms with Crippen LogP contribution in [0, 0.1) is 11.3 Å². The molecule has 1 heterocycles. The van der Waals surface area contributed by atoms with Crippen LogP contribution in [0.25, 0.3) is 0 Å². The van der Waals surface area contributed by atoms with Crippen LogP contribution in [0.2, 0.25) is 0 Å². The first-order chi connectivity index (χ1) is 8.58. The quantitative estimate of drug-likeness (QED) is 0.442. The summed E-state index contributed by atoms with van der Waals surface area (Å²) >= 11 is 0. The molecule has 2 atom stereocenters. The van der Waals surface area contributed by atoms with Crippen LogP contribution in [0.5, 0.6) is 0 Å². The summed E-state index contributed by atoms with van der Waals surface area (Å²) in [6.07, 6.45) is 5.15. The molecule has 1 aliphatic rings. The normalized spacial score (nSPS) is 22.8. The Hall–Kier alpha value is -0.120. The molecule has 3 heteroatoms. The van der Waals surface area contributed by atoms with E-state index in [4.69, 9.17) is 14.2 Å². The second kappa shape index (κ2) is 8.13. The SMILES string of the molecule is CCC(C)(CCCOCOCC(C)C)C1CCO1. The van der Waals surface area contributed by atoms with Gasteiger partial charge in [-0.1, -0.05) is 27.7 Å². The molecule has 0 amide bonds. The fourth-order valence-electron chi connectivity index (χ4n) is 2.33. The predicted octanol–water partition coefficient (Wildman–Crippen LogP) is 3.62. The Kier molecular flexibility index (Phi) is 7.20. The zero-order valence-corrected chi connectivity index (χ0v) is 12.5. The lowest BCUT2D eigenvalue weighted by Gasteiger charge is -2.42. The second-order valence-electron chi connectivity index (χ2n) is 6.05. The molecule has 0 aromatic heterocycles. The topological polar surface area (TPSA) is 27.7 Å². The summed E-state index contributed by atoms with van der Waals surface area (Å²) in [5.74, 6) is 0.577. The highest BCUT2D eigenvalue weighted by Gasteiger charge is 2.37. The number of rotatable bonds is 10. The molecule has 3 nitrogen and oxygen atoms in total. The molecule has 0 aliphatic carbocycles. The van der Waals surface area contributed by atoms with Gasteiger partial charge in [0.25, 0.3) is 0 Å². The van der Waals surface area contributed by atoms with Crippen molar-refractivity contribution in [1.29, 1.82) is 0 Å². The maximum atomic E-state index is 5.64. The minimum absolute atomic E-state index is 0.334. The van der Waals surface area contributed by atoms with Gasteiger partial charge in [0.1, 0.15) is 6.79 Å². The van der Waals surface area contributed by atoms with Crippen molar-refractivity contribution in [2.45, 2.75) is 59.5 Å². The lowest BCUT2D eigenvalue weighted by Crippen LogP contribution is -2.42. The van der Waals surface area contributed by atoms with Gasteiger partial charge in [-0.2, -0.15) is 0 Å². The summed E-state index contributed by atoms with van der Waals surface area (Å²) < 4.78 is 16.5. The van der Waals surface area contributed by atoms with E-state index < -0.39 is 0 Å². The zero-order chi connectivity index (χ0) is 13.4. The standard InChI is InChI=1S/C15H30O3/c1-5-15(4,14-7-10-18-14)8-6-9-16-12-17-11-13(2)3/h13-14H,5-12H2,1-4H3. The Labute approximate surface area is 112 Å². The minimum atomic E-state index is 0.334. The number of hydrogen-bond donors (Lipinski definition) is 0. The van der Waals surface area contributed by atoms with Gasteiger partial charge in [0.15, 0.2) is 0 Å². The van der Waals surface area contributed by atoms with Crippen molar-refractivity contribution in [1.82, 2.24) is 0 Å². The van der Waals surface area contributed by atoms with E-state index in [1.165, 1.54) is 19.3 Å². The Morgan fingerprint density at radius 1 is 1.33 bits per heavy atom. The van der Waals surface area contributed by atoms with Gasteiger partial charge < -0.3 is 14.2 Å². The van der Waals surface area contributed by atoms with Crippen LogP contribution in [0.3, 0.4) is 0 Å². The fourth-order valence-corrected chi connectivity index (χ4v) is 2.33. The highest BCUT2D eigenvalue weighted by Crippen LogP contribution is 2.38. The maximum absolute atomic E-state index is 5.64. The summed E-state index contributed by atoms with van der Waals surface area (Å²) in [6.45, 7) is 11.8. The van der Waals surface area contributed by atoms with E-state index >= 15 is 0 Å². The van der Waals surface area contributed by atoms with Gasteiger partial charge in [-0.05, 0) is 37.0 Å². The lowest BCUT2D eigenvalue weighted by molar-refractivity contribution is -0.128. The molecule has 0 N–H and O–H groups in total. The molecule has 0 spiro atoms. The zero-order valence-electron chi connectivity index (χ0n) is 12.5. The third kappa shape index (κ3) is 5.25. The molecule has 1 rings (SSSR count). The first-order valence-electron chi connectivity index (χ1n) is 7.35. The fraction of sp³-hybridized carbons (Fsp3) is 1.00. The predicted molar refractivity (Wildman–Crippen MR) is 73.6 cm³/mol.